The SMILES string of the molecule is CCCN1CCN(c2ccc(C(=O)NC(CC(C)C)C(=O)N3C[C@@H](C(C)C)[C@H]4OCC(=O)[C@H]43)cc2)CC1. The summed E-state index contributed by atoms with van der Waals surface area (Å²) in [5, 5.41) is 3.00. The number of carbonyl (C=O) groups is 3. The quantitative estimate of drug-likeness (QED) is 0.548. The van der Waals surface area contributed by atoms with Crippen LogP contribution in [0.2, 0.25) is 0 Å². The molecule has 3 fully saturated rings. The average molecular weight is 513 g/mol. The highest BCUT2D eigenvalue weighted by molar-refractivity contribution is 5.99. The molecule has 3 saturated heterocycles. The second kappa shape index (κ2) is 11.9. The summed E-state index contributed by atoms with van der Waals surface area (Å²) in [5.74, 6) is 0.138. The van der Waals surface area contributed by atoms with Crippen molar-refractivity contribution in [2.75, 3.05) is 50.8 Å². The molecule has 1 aromatic rings. The average Bonchev–Trinajstić information content (AvgIpc) is 3.44. The first kappa shape index (κ1) is 27.6. The zero-order valence-electron chi connectivity index (χ0n) is 23.1. The van der Waals surface area contributed by atoms with E-state index in [-0.39, 0.29) is 42.1 Å². The van der Waals surface area contributed by atoms with Crippen molar-refractivity contribution in [1.29, 1.82) is 0 Å². The number of Topliss-reactive ketones (excluding diaryl/α,β-unsaturated/α-hetero) is 1. The Morgan fingerprint density at radius 1 is 1.05 bits per heavy atom. The molecule has 8 heteroatoms. The van der Waals surface area contributed by atoms with Crippen molar-refractivity contribution in [2.24, 2.45) is 17.8 Å². The number of anilines is 1. The van der Waals surface area contributed by atoms with E-state index in [1.54, 1.807) is 4.90 Å². The Hall–Kier alpha value is -2.45. The number of benzene rings is 1. The Bertz CT molecular complexity index is 955. The highest BCUT2D eigenvalue weighted by Crippen LogP contribution is 2.36. The molecule has 4 atom stereocenters. The van der Waals surface area contributed by atoms with Crippen LogP contribution in [0.25, 0.3) is 0 Å². The summed E-state index contributed by atoms with van der Waals surface area (Å²) >= 11 is 0. The fourth-order valence-electron chi connectivity index (χ4n) is 6.01. The normalized spacial score (nSPS) is 25.2. The van der Waals surface area contributed by atoms with Crippen LogP contribution in [0.4, 0.5) is 5.69 Å². The fourth-order valence-corrected chi connectivity index (χ4v) is 6.01. The van der Waals surface area contributed by atoms with Crippen molar-refractivity contribution in [3.63, 3.8) is 0 Å². The predicted molar refractivity (Wildman–Crippen MR) is 145 cm³/mol. The number of nitrogens with zero attached hydrogens (tertiary/aromatic N) is 3. The van der Waals surface area contributed by atoms with Gasteiger partial charge in [0.15, 0.2) is 5.78 Å². The van der Waals surface area contributed by atoms with Gasteiger partial charge in [-0.3, -0.25) is 19.3 Å². The maximum atomic E-state index is 13.7. The lowest BCUT2D eigenvalue weighted by Crippen LogP contribution is -2.52. The lowest BCUT2D eigenvalue weighted by atomic mass is 9.91. The van der Waals surface area contributed by atoms with Gasteiger partial charge >= 0.3 is 0 Å². The molecule has 0 aliphatic carbocycles. The molecule has 1 N–H and O–H groups in total. The Kier molecular flexibility index (Phi) is 8.90. The summed E-state index contributed by atoms with van der Waals surface area (Å²) in [5.41, 5.74) is 1.65. The van der Waals surface area contributed by atoms with Crippen LogP contribution in [-0.4, -0.2) is 91.5 Å². The van der Waals surface area contributed by atoms with E-state index < -0.39 is 12.1 Å². The Balaban J connectivity index is 1.42. The first-order valence-electron chi connectivity index (χ1n) is 14.0. The molecule has 0 saturated carbocycles. The summed E-state index contributed by atoms with van der Waals surface area (Å²) in [6.45, 7) is 16.2. The lowest BCUT2D eigenvalue weighted by molar-refractivity contribution is -0.138. The number of nitrogens with one attached hydrogen (secondary N) is 1. The van der Waals surface area contributed by atoms with Crippen molar-refractivity contribution < 1.29 is 19.1 Å². The smallest absolute Gasteiger partial charge is 0.251 e. The molecule has 3 aliphatic rings. The predicted octanol–water partition coefficient (Wildman–Crippen LogP) is 2.81. The highest BCUT2D eigenvalue weighted by Gasteiger charge is 2.53. The Morgan fingerprint density at radius 2 is 1.73 bits per heavy atom. The third-order valence-corrected chi connectivity index (χ3v) is 8.08. The number of fused-ring (bicyclic) bond motifs is 1. The molecule has 3 heterocycles. The largest absolute Gasteiger partial charge is 0.369 e. The molecule has 0 spiro atoms. The minimum absolute atomic E-state index is 0.0396. The summed E-state index contributed by atoms with van der Waals surface area (Å²) in [6.07, 6.45) is 1.44. The number of likely N-dealkylation sites (tertiary alicyclic amines) is 1. The van der Waals surface area contributed by atoms with Crippen LogP contribution in [0.15, 0.2) is 24.3 Å². The number of amides is 2. The minimum atomic E-state index is -0.682. The molecule has 3 aliphatic heterocycles. The standard InChI is InChI=1S/C29H44N4O4/c1-6-11-31-12-14-32(15-13-31)22-9-7-21(8-10-22)28(35)30-24(16-19(2)3)29(36)33-17-23(20(4)5)27-26(33)25(34)18-37-27/h7-10,19-20,23-24,26-27H,6,11-18H2,1-5H3,(H,30,35)/t23-,24?,26+,27+/m0/s1. The molecule has 2 amide bonds. The number of ketones is 1. The molecule has 204 valence electrons. The van der Waals surface area contributed by atoms with Crippen LogP contribution in [-0.2, 0) is 14.3 Å². The third-order valence-electron chi connectivity index (χ3n) is 8.08. The molecule has 8 nitrogen and oxygen atoms in total. The van der Waals surface area contributed by atoms with Gasteiger partial charge in [-0.2, -0.15) is 0 Å². The monoisotopic (exact) mass is 512 g/mol. The fraction of sp³-hybridized carbons (Fsp3) is 0.690. The van der Waals surface area contributed by atoms with Crippen LogP contribution in [0.3, 0.4) is 0 Å². The van der Waals surface area contributed by atoms with Crippen LogP contribution in [0.1, 0.15) is 57.8 Å². The van der Waals surface area contributed by atoms with Gasteiger partial charge in [0.2, 0.25) is 5.91 Å². The van der Waals surface area contributed by atoms with E-state index in [2.05, 4.69) is 35.9 Å². The van der Waals surface area contributed by atoms with E-state index in [4.69, 9.17) is 4.74 Å². The molecular formula is C29H44N4O4. The number of hydrogen-bond donors (Lipinski definition) is 1. The van der Waals surface area contributed by atoms with Gasteiger partial charge in [0, 0.05) is 49.9 Å². The van der Waals surface area contributed by atoms with Gasteiger partial charge in [-0.05, 0) is 55.5 Å². The van der Waals surface area contributed by atoms with Crippen LogP contribution >= 0.6 is 0 Å². The van der Waals surface area contributed by atoms with Crippen LogP contribution in [0.5, 0.6) is 0 Å². The zero-order valence-corrected chi connectivity index (χ0v) is 23.1. The van der Waals surface area contributed by atoms with E-state index >= 15 is 0 Å². The maximum absolute atomic E-state index is 13.7. The van der Waals surface area contributed by atoms with Crippen molar-refractivity contribution in [1.82, 2.24) is 15.1 Å². The van der Waals surface area contributed by atoms with Gasteiger partial charge in [-0.25, -0.2) is 0 Å². The van der Waals surface area contributed by atoms with E-state index in [9.17, 15) is 14.4 Å². The summed E-state index contributed by atoms with van der Waals surface area (Å²) in [6, 6.07) is 6.46. The van der Waals surface area contributed by atoms with Crippen LogP contribution in [0, 0.1) is 17.8 Å². The van der Waals surface area contributed by atoms with Crippen molar-refractivity contribution >= 4 is 23.3 Å². The molecule has 0 aromatic heterocycles. The van der Waals surface area contributed by atoms with Gasteiger partial charge < -0.3 is 19.9 Å². The Labute approximate surface area is 221 Å². The number of rotatable bonds is 9. The number of piperazine rings is 1. The number of hydrogen-bond acceptors (Lipinski definition) is 6. The summed E-state index contributed by atoms with van der Waals surface area (Å²) in [7, 11) is 0. The number of carbonyl (C=O) groups excluding carboxylic acids is 3. The van der Waals surface area contributed by atoms with Gasteiger partial charge in [0.05, 0.1) is 6.10 Å². The summed E-state index contributed by atoms with van der Waals surface area (Å²) in [4.78, 5) is 46.1. The van der Waals surface area contributed by atoms with Gasteiger partial charge in [-0.15, -0.1) is 0 Å². The molecule has 1 aromatic carbocycles. The second-order valence-corrected chi connectivity index (χ2v) is 11.6. The number of ether oxygens (including phenoxy) is 1. The molecular weight excluding hydrogens is 468 g/mol. The highest BCUT2D eigenvalue weighted by atomic mass is 16.5. The van der Waals surface area contributed by atoms with Gasteiger partial charge in [0.25, 0.3) is 5.91 Å². The maximum Gasteiger partial charge on any atom is 0.251 e. The first-order valence-corrected chi connectivity index (χ1v) is 14.0. The topological polar surface area (TPSA) is 82.2 Å². The van der Waals surface area contributed by atoms with E-state index in [1.807, 2.05) is 38.1 Å². The van der Waals surface area contributed by atoms with Crippen molar-refractivity contribution in [3.8, 4) is 0 Å². The van der Waals surface area contributed by atoms with Gasteiger partial charge in [0.1, 0.15) is 18.7 Å². The molecule has 0 bridgehead atoms. The molecule has 37 heavy (non-hydrogen) atoms. The van der Waals surface area contributed by atoms with E-state index in [0.29, 0.717) is 24.4 Å². The van der Waals surface area contributed by atoms with E-state index in [0.717, 1.165) is 38.4 Å². The van der Waals surface area contributed by atoms with E-state index in [1.165, 1.54) is 6.42 Å². The van der Waals surface area contributed by atoms with Gasteiger partial charge in [-0.1, -0.05) is 34.6 Å². The molecule has 4 rings (SSSR count). The summed E-state index contributed by atoms with van der Waals surface area (Å²) < 4.78 is 5.80. The molecule has 0 radical (unpaired) electrons. The molecule has 1 unspecified atom stereocenters. The lowest BCUT2D eigenvalue weighted by Gasteiger charge is -2.36. The zero-order chi connectivity index (χ0) is 26.7. The minimum Gasteiger partial charge on any atom is -0.369 e. The third kappa shape index (κ3) is 6.17. The van der Waals surface area contributed by atoms with Crippen molar-refractivity contribution in [2.45, 2.75) is 65.6 Å². The van der Waals surface area contributed by atoms with Crippen molar-refractivity contribution in [3.05, 3.63) is 29.8 Å². The first-order chi connectivity index (χ1) is 17.7. The second-order valence-electron chi connectivity index (χ2n) is 11.6. The van der Waals surface area contributed by atoms with Crippen LogP contribution < -0.4 is 10.2 Å². The Morgan fingerprint density at radius 3 is 2.32 bits per heavy atom.